The van der Waals surface area contributed by atoms with Crippen LogP contribution in [0.3, 0.4) is 0 Å². The van der Waals surface area contributed by atoms with Gasteiger partial charge in [0.25, 0.3) is 0 Å². The molecule has 0 spiro atoms. The van der Waals surface area contributed by atoms with Crippen molar-refractivity contribution in [1.29, 1.82) is 0 Å². The van der Waals surface area contributed by atoms with Gasteiger partial charge in [-0.2, -0.15) is 5.10 Å². The van der Waals surface area contributed by atoms with Crippen molar-refractivity contribution in [2.24, 2.45) is 0 Å². The van der Waals surface area contributed by atoms with Crippen molar-refractivity contribution in [3.8, 4) is 28.0 Å². The molecule has 3 aromatic rings. The number of rotatable bonds is 2. The predicted molar refractivity (Wildman–Crippen MR) is 92.5 cm³/mol. The number of benzene rings is 1. The second-order valence-electron chi connectivity index (χ2n) is 4.93. The Labute approximate surface area is 135 Å². The molecule has 0 unspecified atom stereocenters. The molecule has 0 bridgehead atoms. The van der Waals surface area contributed by atoms with Crippen LogP contribution in [0.15, 0.2) is 42.7 Å². The summed E-state index contributed by atoms with van der Waals surface area (Å²) in [6, 6.07) is 10.3. The molecule has 1 aromatic carbocycles. The fraction of sp³-hybridized carbons (Fsp3) is 0.222. The first-order valence-electron chi connectivity index (χ1n) is 7.79. The average Bonchev–Trinajstić information content (AvgIpc) is 3.17. The first-order valence-corrected chi connectivity index (χ1v) is 7.79. The van der Waals surface area contributed by atoms with Crippen molar-refractivity contribution in [2.45, 2.75) is 20.5 Å². The average molecular weight is 308 g/mol. The minimum atomic E-state index is 0.493. The second-order valence-corrected chi connectivity index (χ2v) is 4.93. The third kappa shape index (κ3) is 2.77. The number of pyridine rings is 1. The Bertz CT molecular complexity index is 797. The molecule has 0 saturated heterocycles. The molecule has 1 aliphatic rings. The quantitative estimate of drug-likeness (QED) is 0.748. The number of ether oxygens (including phenoxy) is 1. The zero-order valence-electron chi connectivity index (χ0n) is 13.6. The highest BCUT2D eigenvalue weighted by molar-refractivity contribution is 5.78. The van der Waals surface area contributed by atoms with E-state index in [2.05, 4.69) is 44.8 Å². The highest BCUT2D eigenvalue weighted by Gasteiger charge is 2.19. The smallest absolute Gasteiger partial charge is 0.131 e. The van der Waals surface area contributed by atoms with Crippen LogP contribution in [0.5, 0.6) is 5.75 Å². The highest BCUT2D eigenvalue weighted by Crippen LogP contribution is 2.39. The summed E-state index contributed by atoms with van der Waals surface area (Å²) in [5.74, 6) is 1.75. The number of fused-ring (bicyclic) bond motifs is 3. The number of aromatic nitrogens is 3. The molecule has 0 radical (unpaired) electrons. The minimum absolute atomic E-state index is 0.493. The van der Waals surface area contributed by atoms with Gasteiger partial charge in [0.2, 0.25) is 0 Å². The van der Waals surface area contributed by atoms with Gasteiger partial charge in [0.1, 0.15) is 18.2 Å². The number of anilines is 1. The molecule has 0 amide bonds. The molecule has 4 rings (SSSR count). The van der Waals surface area contributed by atoms with Crippen LogP contribution in [0.25, 0.3) is 22.3 Å². The summed E-state index contributed by atoms with van der Waals surface area (Å²) >= 11 is 0. The Morgan fingerprint density at radius 2 is 1.91 bits per heavy atom. The number of hydrogen-bond donors (Lipinski definition) is 2. The summed E-state index contributed by atoms with van der Waals surface area (Å²) in [6.45, 7) is 4.49. The van der Waals surface area contributed by atoms with Gasteiger partial charge in [-0.3, -0.25) is 5.10 Å². The number of aromatic amines is 1. The molecule has 0 saturated carbocycles. The summed E-state index contributed by atoms with van der Waals surface area (Å²) in [5.41, 5.74) is 5.32. The van der Waals surface area contributed by atoms with Gasteiger partial charge in [-0.05, 0) is 29.8 Å². The van der Waals surface area contributed by atoms with E-state index in [1.54, 1.807) is 6.20 Å². The van der Waals surface area contributed by atoms with Gasteiger partial charge < -0.3 is 10.1 Å². The van der Waals surface area contributed by atoms with E-state index in [1.807, 2.05) is 33.2 Å². The molecule has 118 valence electrons. The third-order valence-electron chi connectivity index (χ3n) is 3.70. The Hall–Kier alpha value is -2.82. The first kappa shape index (κ1) is 15.1. The van der Waals surface area contributed by atoms with E-state index in [0.29, 0.717) is 6.61 Å². The van der Waals surface area contributed by atoms with Crippen LogP contribution in [0.4, 0.5) is 5.82 Å². The fourth-order valence-corrected chi connectivity index (χ4v) is 2.59. The Kier molecular flexibility index (Phi) is 4.28. The largest absolute Gasteiger partial charge is 0.487 e. The standard InChI is InChI=1S/C16H14N4O.C2H6/c1-17-16-5-4-12-13-3-2-10(11-7-18-19-8-11)6-15(13)21-9-14(12)20-16;1-2/h2-8H,9H2,1H3,(H,17,20)(H,18,19);1-2H3. The van der Waals surface area contributed by atoms with Gasteiger partial charge in [0.15, 0.2) is 0 Å². The molecule has 3 heterocycles. The van der Waals surface area contributed by atoms with Crippen LogP contribution in [0, 0.1) is 0 Å². The SMILES string of the molecule is CC.CNc1ccc2c(n1)COc1cc(-c3cn[nH]c3)ccc1-2. The maximum absolute atomic E-state index is 5.87. The van der Waals surface area contributed by atoms with Crippen molar-refractivity contribution in [2.75, 3.05) is 12.4 Å². The van der Waals surface area contributed by atoms with Crippen LogP contribution in [-0.4, -0.2) is 22.2 Å². The zero-order chi connectivity index (χ0) is 16.2. The van der Waals surface area contributed by atoms with Gasteiger partial charge in [0.05, 0.1) is 11.9 Å². The summed E-state index contributed by atoms with van der Waals surface area (Å²) < 4.78 is 5.87. The first-order chi connectivity index (χ1) is 11.3. The van der Waals surface area contributed by atoms with Crippen molar-refractivity contribution < 1.29 is 4.74 Å². The lowest BCUT2D eigenvalue weighted by molar-refractivity contribution is 0.297. The highest BCUT2D eigenvalue weighted by atomic mass is 16.5. The fourth-order valence-electron chi connectivity index (χ4n) is 2.59. The van der Waals surface area contributed by atoms with E-state index in [-0.39, 0.29) is 0 Å². The second kappa shape index (κ2) is 6.52. The normalized spacial score (nSPS) is 11.4. The summed E-state index contributed by atoms with van der Waals surface area (Å²) in [6.07, 6.45) is 3.68. The van der Waals surface area contributed by atoms with E-state index in [1.165, 1.54) is 0 Å². The molecular formula is C18H20N4O. The monoisotopic (exact) mass is 308 g/mol. The molecule has 1 aliphatic heterocycles. The van der Waals surface area contributed by atoms with E-state index in [0.717, 1.165) is 39.5 Å². The number of nitrogens with zero attached hydrogens (tertiary/aromatic N) is 2. The summed E-state index contributed by atoms with van der Waals surface area (Å²) in [5, 5.41) is 9.86. The van der Waals surface area contributed by atoms with Gasteiger partial charge in [-0.25, -0.2) is 4.98 Å². The molecule has 0 aliphatic carbocycles. The Balaban J connectivity index is 0.000000753. The Morgan fingerprint density at radius 1 is 1.09 bits per heavy atom. The molecular weight excluding hydrogens is 288 g/mol. The van der Waals surface area contributed by atoms with Crippen LogP contribution < -0.4 is 10.1 Å². The lowest BCUT2D eigenvalue weighted by Crippen LogP contribution is -2.09. The van der Waals surface area contributed by atoms with E-state index in [9.17, 15) is 0 Å². The molecule has 2 aromatic heterocycles. The topological polar surface area (TPSA) is 62.8 Å². The van der Waals surface area contributed by atoms with Gasteiger partial charge >= 0.3 is 0 Å². The zero-order valence-corrected chi connectivity index (χ0v) is 13.6. The molecule has 23 heavy (non-hydrogen) atoms. The van der Waals surface area contributed by atoms with E-state index in [4.69, 9.17) is 4.74 Å². The molecule has 5 heteroatoms. The van der Waals surface area contributed by atoms with Gasteiger partial charge in [0, 0.05) is 29.9 Å². The summed E-state index contributed by atoms with van der Waals surface area (Å²) in [7, 11) is 1.86. The van der Waals surface area contributed by atoms with E-state index >= 15 is 0 Å². The number of H-pyrrole nitrogens is 1. The number of nitrogens with one attached hydrogen (secondary N) is 2. The predicted octanol–water partition coefficient (Wildman–Crippen LogP) is 4.10. The van der Waals surface area contributed by atoms with Gasteiger partial charge in [-0.1, -0.05) is 19.9 Å². The minimum Gasteiger partial charge on any atom is -0.487 e. The van der Waals surface area contributed by atoms with Gasteiger partial charge in [-0.15, -0.1) is 0 Å². The molecule has 2 N–H and O–H groups in total. The van der Waals surface area contributed by atoms with Crippen molar-refractivity contribution >= 4 is 5.82 Å². The van der Waals surface area contributed by atoms with Crippen LogP contribution in [-0.2, 0) is 6.61 Å². The van der Waals surface area contributed by atoms with Crippen LogP contribution in [0.2, 0.25) is 0 Å². The maximum Gasteiger partial charge on any atom is 0.131 e. The third-order valence-corrected chi connectivity index (χ3v) is 3.70. The van der Waals surface area contributed by atoms with E-state index < -0.39 is 0 Å². The molecule has 5 nitrogen and oxygen atoms in total. The van der Waals surface area contributed by atoms with Crippen LogP contribution >= 0.6 is 0 Å². The Morgan fingerprint density at radius 3 is 2.65 bits per heavy atom. The lowest BCUT2D eigenvalue weighted by atomic mass is 9.98. The van der Waals surface area contributed by atoms with Crippen molar-refractivity contribution in [3.63, 3.8) is 0 Å². The molecule has 0 atom stereocenters. The van der Waals surface area contributed by atoms with Crippen molar-refractivity contribution in [3.05, 3.63) is 48.4 Å². The molecule has 0 fully saturated rings. The maximum atomic E-state index is 5.87. The lowest BCUT2D eigenvalue weighted by Gasteiger charge is -2.21. The summed E-state index contributed by atoms with van der Waals surface area (Å²) in [4.78, 5) is 4.55. The number of hydrogen-bond acceptors (Lipinski definition) is 4. The van der Waals surface area contributed by atoms with Crippen molar-refractivity contribution in [1.82, 2.24) is 15.2 Å². The van der Waals surface area contributed by atoms with Crippen LogP contribution in [0.1, 0.15) is 19.5 Å².